The Bertz CT molecular complexity index is 726. The zero-order valence-corrected chi connectivity index (χ0v) is 10.8. The van der Waals surface area contributed by atoms with Crippen molar-refractivity contribution in [2.24, 2.45) is 0 Å². The summed E-state index contributed by atoms with van der Waals surface area (Å²) in [6.45, 7) is -0.488. The Morgan fingerprint density at radius 2 is 2.29 bits per heavy atom. The van der Waals surface area contributed by atoms with E-state index in [0.29, 0.717) is 11.2 Å². The van der Waals surface area contributed by atoms with Crippen LogP contribution >= 0.6 is 0 Å². The molecular weight excluding hydrogens is 278 g/mol. The summed E-state index contributed by atoms with van der Waals surface area (Å²) in [7, 11) is 0. The van der Waals surface area contributed by atoms with E-state index in [1.807, 2.05) is 0 Å². The molecule has 1 saturated heterocycles. The molecule has 5 N–H and O–H groups in total. The smallest absolute Gasteiger partial charge is 0.224 e. The van der Waals surface area contributed by atoms with Crippen molar-refractivity contribution in [3.05, 3.63) is 18.1 Å². The lowest BCUT2D eigenvalue weighted by Crippen LogP contribution is -2.44. The van der Waals surface area contributed by atoms with Crippen molar-refractivity contribution in [1.82, 2.24) is 19.6 Å². The molecule has 1 aliphatic rings. The number of aromatic nitrogens is 4. The number of ether oxygens (including phenoxy) is 1. The van der Waals surface area contributed by atoms with Crippen LogP contribution < -0.4 is 5.73 Å². The Labute approximate surface area is 119 Å². The topological polar surface area (TPSA) is 139 Å². The van der Waals surface area contributed by atoms with Gasteiger partial charge in [-0.15, -0.1) is 6.42 Å². The number of nitrogens with two attached hydrogens (primary N) is 1. The largest absolute Gasteiger partial charge is 0.394 e. The van der Waals surface area contributed by atoms with Crippen LogP contribution in [0.15, 0.2) is 12.5 Å². The van der Waals surface area contributed by atoms with Crippen LogP contribution in [0.2, 0.25) is 0 Å². The van der Waals surface area contributed by atoms with Crippen molar-refractivity contribution in [2.75, 3.05) is 12.3 Å². The average Bonchev–Trinajstić information content (AvgIpc) is 3.01. The van der Waals surface area contributed by atoms with Gasteiger partial charge in [0, 0.05) is 5.56 Å². The Morgan fingerprint density at radius 3 is 2.95 bits per heavy atom. The van der Waals surface area contributed by atoms with E-state index >= 15 is 0 Å². The van der Waals surface area contributed by atoms with Gasteiger partial charge in [-0.1, -0.05) is 5.92 Å². The number of hydrogen-bond donors (Lipinski definition) is 4. The van der Waals surface area contributed by atoms with Crippen molar-refractivity contribution >= 4 is 11.6 Å². The van der Waals surface area contributed by atoms with Crippen LogP contribution in [0.25, 0.3) is 5.65 Å². The minimum atomic E-state index is -2.00. The molecule has 0 spiro atoms. The first-order chi connectivity index (χ1) is 10.0. The molecule has 0 aliphatic carbocycles. The molecule has 3 heterocycles. The van der Waals surface area contributed by atoms with Gasteiger partial charge in [0.05, 0.1) is 12.8 Å². The van der Waals surface area contributed by atoms with E-state index in [9.17, 15) is 15.3 Å². The standard InChI is InChI=1S/C12H13N5O4/c1-2-12(20)8(19)7(4-18)21-9(12)6-3-16-17-10(6)14-5-15-11(17)13/h1,3,5,7-9,18-20H,4H2,(H2,13,14,15)/t7-,8-,9+,12-/m1/s1. The number of fused-ring (bicyclic) bond motifs is 1. The molecule has 3 rings (SSSR count). The SMILES string of the molecule is C#C[C@@]1(O)[C@H](O)[C@@H](CO)O[C@H]1c1cnn2c(N)ncnc12. The van der Waals surface area contributed by atoms with Crippen LogP contribution in [-0.4, -0.2) is 59.3 Å². The summed E-state index contributed by atoms with van der Waals surface area (Å²) in [5.74, 6) is 2.23. The molecule has 0 saturated carbocycles. The normalized spacial score (nSPS) is 32.4. The molecule has 2 aromatic heterocycles. The number of hydrogen-bond acceptors (Lipinski definition) is 8. The number of aliphatic hydroxyl groups is 3. The average molecular weight is 291 g/mol. The van der Waals surface area contributed by atoms with Gasteiger partial charge in [-0.3, -0.25) is 0 Å². The Hall–Kier alpha value is -2.25. The molecule has 9 heteroatoms. The highest BCUT2D eigenvalue weighted by Gasteiger charge is 2.55. The molecule has 0 aromatic carbocycles. The third kappa shape index (κ3) is 1.78. The van der Waals surface area contributed by atoms with Crippen molar-refractivity contribution in [1.29, 1.82) is 0 Å². The Kier molecular flexibility index (Phi) is 3.03. The minimum Gasteiger partial charge on any atom is -0.394 e. The minimum absolute atomic E-state index is 0.104. The van der Waals surface area contributed by atoms with Crippen molar-refractivity contribution in [3.8, 4) is 12.3 Å². The predicted octanol–water partition coefficient (Wildman–Crippen LogP) is -2.14. The van der Waals surface area contributed by atoms with Crippen molar-refractivity contribution in [2.45, 2.75) is 23.9 Å². The lowest BCUT2D eigenvalue weighted by atomic mass is 9.88. The lowest BCUT2D eigenvalue weighted by molar-refractivity contribution is -0.0332. The van der Waals surface area contributed by atoms with Crippen molar-refractivity contribution in [3.63, 3.8) is 0 Å². The van der Waals surface area contributed by atoms with Gasteiger partial charge in [0.2, 0.25) is 5.95 Å². The van der Waals surface area contributed by atoms with Gasteiger partial charge in [-0.25, -0.2) is 9.97 Å². The van der Waals surface area contributed by atoms with Gasteiger partial charge in [0.25, 0.3) is 0 Å². The van der Waals surface area contributed by atoms with E-state index in [1.54, 1.807) is 0 Å². The summed E-state index contributed by atoms with van der Waals surface area (Å²) < 4.78 is 6.73. The summed E-state index contributed by atoms with van der Waals surface area (Å²) in [4.78, 5) is 7.81. The Balaban J connectivity index is 2.14. The maximum atomic E-state index is 10.5. The second kappa shape index (κ2) is 4.64. The first kappa shape index (κ1) is 13.7. The molecule has 21 heavy (non-hydrogen) atoms. The quantitative estimate of drug-likeness (QED) is 0.460. The molecule has 1 fully saturated rings. The number of aliphatic hydroxyl groups excluding tert-OH is 2. The second-order valence-electron chi connectivity index (χ2n) is 4.72. The fraction of sp³-hybridized carbons (Fsp3) is 0.417. The van der Waals surface area contributed by atoms with Gasteiger partial charge in [-0.05, 0) is 0 Å². The van der Waals surface area contributed by atoms with Crippen LogP contribution in [-0.2, 0) is 4.74 Å². The summed E-state index contributed by atoms with van der Waals surface area (Å²) in [5, 5.41) is 33.7. The number of nitrogens with zero attached hydrogens (tertiary/aromatic N) is 4. The maximum Gasteiger partial charge on any atom is 0.224 e. The number of rotatable bonds is 2. The third-order valence-electron chi connectivity index (χ3n) is 3.57. The summed E-state index contributed by atoms with van der Waals surface area (Å²) in [5.41, 5.74) is 4.31. The van der Waals surface area contributed by atoms with Gasteiger partial charge in [0.1, 0.15) is 24.6 Å². The monoisotopic (exact) mass is 291 g/mol. The van der Waals surface area contributed by atoms with Crippen LogP contribution in [0.5, 0.6) is 0 Å². The molecule has 0 amide bonds. The molecule has 0 radical (unpaired) electrons. The summed E-state index contributed by atoms with van der Waals surface area (Å²) in [6, 6.07) is 0. The molecule has 0 bridgehead atoms. The summed E-state index contributed by atoms with van der Waals surface area (Å²) in [6.07, 6.45) is 4.41. The van der Waals surface area contributed by atoms with E-state index in [4.69, 9.17) is 16.9 Å². The first-order valence-electron chi connectivity index (χ1n) is 6.11. The number of anilines is 1. The molecular formula is C12H13N5O4. The molecule has 0 unspecified atom stereocenters. The van der Waals surface area contributed by atoms with E-state index < -0.39 is 30.5 Å². The van der Waals surface area contributed by atoms with E-state index in [1.165, 1.54) is 17.0 Å². The number of terminal acetylenes is 1. The first-order valence-corrected chi connectivity index (χ1v) is 6.11. The molecule has 110 valence electrons. The van der Waals surface area contributed by atoms with Crippen LogP contribution in [0.4, 0.5) is 5.95 Å². The van der Waals surface area contributed by atoms with E-state index in [2.05, 4.69) is 21.0 Å². The fourth-order valence-electron chi connectivity index (χ4n) is 2.44. The fourth-order valence-corrected chi connectivity index (χ4v) is 2.44. The van der Waals surface area contributed by atoms with Gasteiger partial charge < -0.3 is 25.8 Å². The predicted molar refractivity (Wildman–Crippen MR) is 69.7 cm³/mol. The Morgan fingerprint density at radius 1 is 1.52 bits per heavy atom. The van der Waals surface area contributed by atoms with Crippen LogP contribution in [0.3, 0.4) is 0 Å². The van der Waals surface area contributed by atoms with E-state index in [-0.39, 0.29) is 5.95 Å². The summed E-state index contributed by atoms with van der Waals surface area (Å²) >= 11 is 0. The highest BCUT2D eigenvalue weighted by atomic mass is 16.6. The maximum absolute atomic E-state index is 10.5. The lowest BCUT2D eigenvalue weighted by Gasteiger charge is -2.24. The highest BCUT2D eigenvalue weighted by molar-refractivity contribution is 5.52. The van der Waals surface area contributed by atoms with Gasteiger partial charge in [0.15, 0.2) is 11.2 Å². The molecule has 9 nitrogen and oxygen atoms in total. The molecule has 4 atom stereocenters. The zero-order chi connectivity index (χ0) is 15.2. The second-order valence-corrected chi connectivity index (χ2v) is 4.72. The van der Waals surface area contributed by atoms with Crippen LogP contribution in [0, 0.1) is 12.3 Å². The third-order valence-corrected chi connectivity index (χ3v) is 3.57. The molecule has 2 aromatic rings. The highest BCUT2D eigenvalue weighted by Crippen LogP contribution is 2.42. The van der Waals surface area contributed by atoms with Gasteiger partial charge in [-0.2, -0.15) is 9.61 Å². The van der Waals surface area contributed by atoms with Crippen LogP contribution in [0.1, 0.15) is 11.7 Å². The number of nitrogen functional groups attached to an aromatic ring is 1. The molecule has 1 aliphatic heterocycles. The zero-order valence-electron chi connectivity index (χ0n) is 10.8. The van der Waals surface area contributed by atoms with Gasteiger partial charge >= 0.3 is 0 Å². The van der Waals surface area contributed by atoms with Crippen molar-refractivity contribution < 1.29 is 20.1 Å². The van der Waals surface area contributed by atoms with E-state index in [0.717, 1.165) is 0 Å².